The molecule has 2 aromatic heterocycles. The molecular weight excluding hydrogens is 488 g/mol. The summed E-state index contributed by atoms with van der Waals surface area (Å²) in [5.74, 6) is 1.29. The zero-order valence-electron chi connectivity index (χ0n) is 22.1. The molecule has 0 saturated heterocycles. The second-order valence-electron chi connectivity index (χ2n) is 10.6. The predicted octanol–water partition coefficient (Wildman–Crippen LogP) is 8.29. The Kier molecular flexibility index (Phi) is 5.37. The third-order valence-electron chi connectivity index (χ3n) is 8.23. The minimum atomic E-state index is 0.302. The molecule has 0 radical (unpaired) electrons. The molecule has 3 heterocycles. The van der Waals surface area contributed by atoms with Crippen molar-refractivity contribution in [2.45, 2.75) is 18.9 Å². The van der Waals surface area contributed by atoms with Gasteiger partial charge in [-0.1, -0.05) is 97.1 Å². The van der Waals surface area contributed by atoms with E-state index in [0.717, 1.165) is 52.2 Å². The summed E-state index contributed by atoms with van der Waals surface area (Å²) in [6.07, 6.45) is 17.8. The van der Waals surface area contributed by atoms with Crippen LogP contribution in [0.15, 0.2) is 145 Å². The lowest BCUT2D eigenvalue weighted by Crippen LogP contribution is -2.32. The summed E-state index contributed by atoms with van der Waals surface area (Å²) in [7, 11) is 0. The Labute approximate surface area is 234 Å². The average molecular weight is 517 g/mol. The van der Waals surface area contributed by atoms with Gasteiger partial charge in [-0.25, -0.2) is 9.97 Å². The number of hydrogen-bond donors (Lipinski definition) is 0. The molecule has 3 aliphatic rings. The molecule has 2 unspecified atom stereocenters. The SMILES string of the molecule is C1=CC2C3=C(CCC=C3)N(c3cccc(-c4nc5cc(-c6ccccc6)cnc5n4-c4ccccc4)c3)C2C=C1. The van der Waals surface area contributed by atoms with Crippen LogP contribution < -0.4 is 4.90 Å². The minimum absolute atomic E-state index is 0.302. The van der Waals surface area contributed by atoms with Crippen LogP contribution in [0.1, 0.15) is 12.8 Å². The molecule has 3 aromatic carbocycles. The highest BCUT2D eigenvalue weighted by atomic mass is 15.2. The average Bonchev–Trinajstić information content (AvgIpc) is 3.58. The topological polar surface area (TPSA) is 34.0 Å². The van der Waals surface area contributed by atoms with E-state index in [1.807, 2.05) is 18.3 Å². The molecular formula is C36H28N4. The minimum Gasteiger partial charge on any atom is -0.337 e. The van der Waals surface area contributed by atoms with Crippen LogP contribution in [0.5, 0.6) is 0 Å². The van der Waals surface area contributed by atoms with E-state index in [9.17, 15) is 0 Å². The third-order valence-corrected chi connectivity index (χ3v) is 8.23. The molecule has 4 nitrogen and oxygen atoms in total. The smallest absolute Gasteiger partial charge is 0.164 e. The quantitative estimate of drug-likeness (QED) is 0.241. The number of pyridine rings is 1. The summed E-state index contributed by atoms with van der Waals surface area (Å²) < 4.78 is 2.19. The fourth-order valence-corrected chi connectivity index (χ4v) is 6.44. The lowest BCUT2D eigenvalue weighted by atomic mass is 9.88. The van der Waals surface area contributed by atoms with Gasteiger partial charge in [0.1, 0.15) is 11.3 Å². The van der Waals surface area contributed by atoms with Gasteiger partial charge in [0.2, 0.25) is 0 Å². The second-order valence-corrected chi connectivity index (χ2v) is 10.6. The number of fused-ring (bicyclic) bond motifs is 3. The number of allylic oxidation sites excluding steroid dienone is 5. The standard InChI is InChI=1S/C36H28N4/c1-3-12-25(13-4-1)27-23-32-36(37-24-27)40(28-15-5-2-6-16-28)35(38-32)26-14-11-17-29(22-26)39-33-20-9-7-18-30(33)31-19-8-10-21-34(31)39/h1-9,11-20,22-24,30,33H,10,21H2. The highest BCUT2D eigenvalue weighted by molar-refractivity contribution is 5.84. The maximum Gasteiger partial charge on any atom is 0.164 e. The molecule has 4 heteroatoms. The van der Waals surface area contributed by atoms with E-state index in [2.05, 4.69) is 125 Å². The van der Waals surface area contributed by atoms with E-state index >= 15 is 0 Å². The first-order valence-electron chi connectivity index (χ1n) is 14.0. The molecule has 0 saturated carbocycles. The van der Waals surface area contributed by atoms with E-state index in [0.29, 0.717) is 12.0 Å². The van der Waals surface area contributed by atoms with Crippen LogP contribution in [0.2, 0.25) is 0 Å². The molecule has 0 fully saturated rings. The monoisotopic (exact) mass is 516 g/mol. The van der Waals surface area contributed by atoms with Crippen LogP contribution in [0, 0.1) is 5.92 Å². The number of imidazole rings is 1. The molecule has 2 aliphatic carbocycles. The molecule has 0 spiro atoms. The highest BCUT2D eigenvalue weighted by Crippen LogP contribution is 2.45. The summed E-state index contributed by atoms with van der Waals surface area (Å²) in [4.78, 5) is 12.7. The second kappa shape index (κ2) is 9.35. The van der Waals surface area contributed by atoms with E-state index in [4.69, 9.17) is 9.97 Å². The van der Waals surface area contributed by atoms with E-state index < -0.39 is 0 Å². The molecule has 8 rings (SSSR count). The van der Waals surface area contributed by atoms with Crippen LogP contribution in [0.25, 0.3) is 39.4 Å². The summed E-state index contributed by atoms with van der Waals surface area (Å²) in [6.45, 7) is 0. The molecule has 5 aromatic rings. The van der Waals surface area contributed by atoms with E-state index in [1.54, 1.807) is 0 Å². The van der Waals surface area contributed by atoms with Crippen molar-refractivity contribution in [3.05, 3.63) is 145 Å². The fourth-order valence-electron chi connectivity index (χ4n) is 6.44. The largest absolute Gasteiger partial charge is 0.337 e. The van der Waals surface area contributed by atoms with Gasteiger partial charge in [-0.2, -0.15) is 0 Å². The van der Waals surface area contributed by atoms with Crippen molar-refractivity contribution < 1.29 is 0 Å². The number of hydrogen-bond acceptors (Lipinski definition) is 3. The van der Waals surface area contributed by atoms with Gasteiger partial charge in [-0.3, -0.25) is 4.57 Å². The van der Waals surface area contributed by atoms with Crippen molar-refractivity contribution in [1.29, 1.82) is 0 Å². The lowest BCUT2D eigenvalue weighted by Gasteiger charge is -2.31. The highest BCUT2D eigenvalue weighted by Gasteiger charge is 2.38. The van der Waals surface area contributed by atoms with Crippen molar-refractivity contribution in [3.8, 4) is 28.2 Å². The van der Waals surface area contributed by atoms with Crippen molar-refractivity contribution >= 4 is 16.9 Å². The zero-order chi connectivity index (χ0) is 26.5. The first-order chi connectivity index (χ1) is 19.8. The zero-order valence-corrected chi connectivity index (χ0v) is 22.1. The molecule has 40 heavy (non-hydrogen) atoms. The van der Waals surface area contributed by atoms with Crippen LogP contribution in [-0.2, 0) is 0 Å². The molecule has 0 bridgehead atoms. The normalized spacial score (nSPS) is 19.4. The van der Waals surface area contributed by atoms with Gasteiger partial charge in [0.05, 0.1) is 6.04 Å². The van der Waals surface area contributed by atoms with Crippen LogP contribution in [0.3, 0.4) is 0 Å². The maximum atomic E-state index is 5.21. The first kappa shape index (κ1) is 23.0. The van der Waals surface area contributed by atoms with E-state index in [-0.39, 0.29) is 0 Å². The van der Waals surface area contributed by atoms with Gasteiger partial charge in [0, 0.05) is 40.3 Å². The van der Waals surface area contributed by atoms with Crippen molar-refractivity contribution in [2.75, 3.05) is 4.90 Å². The van der Waals surface area contributed by atoms with Crippen LogP contribution in [0.4, 0.5) is 5.69 Å². The summed E-state index contributed by atoms with van der Waals surface area (Å²) >= 11 is 0. The lowest BCUT2D eigenvalue weighted by molar-refractivity contribution is 0.681. The third kappa shape index (κ3) is 3.68. The van der Waals surface area contributed by atoms with Crippen LogP contribution in [-0.4, -0.2) is 20.6 Å². The molecule has 2 atom stereocenters. The molecule has 0 amide bonds. The fraction of sp³-hybridized carbons (Fsp3) is 0.111. The van der Waals surface area contributed by atoms with Crippen molar-refractivity contribution in [3.63, 3.8) is 0 Å². The summed E-state index contributed by atoms with van der Waals surface area (Å²) in [5, 5.41) is 0. The summed E-state index contributed by atoms with van der Waals surface area (Å²) in [5.41, 5.74) is 10.2. The Hall–Kier alpha value is -4.96. The number of para-hydroxylation sites is 1. The van der Waals surface area contributed by atoms with Gasteiger partial charge in [0.25, 0.3) is 0 Å². The molecule has 192 valence electrons. The Morgan fingerprint density at radius 3 is 2.38 bits per heavy atom. The van der Waals surface area contributed by atoms with E-state index in [1.165, 1.54) is 17.0 Å². The van der Waals surface area contributed by atoms with Gasteiger partial charge >= 0.3 is 0 Å². The van der Waals surface area contributed by atoms with Crippen molar-refractivity contribution in [1.82, 2.24) is 14.5 Å². The molecule has 0 N–H and O–H groups in total. The Balaban J connectivity index is 1.29. The Bertz CT molecular complexity index is 1860. The van der Waals surface area contributed by atoms with Gasteiger partial charge < -0.3 is 4.90 Å². The Morgan fingerprint density at radius 1 is 0.725 bits per heavy atom. The van der Waals surface area contributed by atoms with Gasteiger partial charge in [0.15, 0.2) is 5.65 Å². The number of aromatic nitrogens is 3. The number of benzene rings is 3. The van der Waals surface area contributed by atoms with Gasteiger partial charge in [-0.15, -0.1) is 0 Å². The maximum absolute atomic E-state index is 5.21. The summed E-state index contributed by atoms with van der Waals surface area (Å²) in [6, 6.07) is 32.1. The number of rotatable bonds is 4. The van der Waals surface area contributed by atoms with Gasteiger partial charge in [-0.05, 0) is 54.3 Å². The Morgan fingerprint density at radius 2 is 1.50 bits per heavy atom. The number of nitrogens with zero attached hydrogens (tertiary/aromatic N) is 4. The van der Waals surface area contributed by atoms with Crippen molar-refractivity contribution in [2.24, 2.45) is 5.92 Å². The molecule has 1 aliphatic heterocycles. The predicted molar refractivity (Wildman–Crippen MR) is 163 cm³/mol. The number of anilines is 1. The van der Waals surface area contributed by atoms with Crippen LogP contribution >= 0.6 is 0 Å². The first-order valence-corrected chi connectivity index (χ1v) is 14.0.